The summed E-state index contributed by atoms with van der Waals surface area (Å²) < 4.78 is 0. The molecule has 0 atom stereocenters. The Morgan fingerprint density at radius 2 is 1.24 bits per heavy atom. The van der Waals surface area contributed by atoms with Crippen LogP contribution in [0, 0.1) is 23.2 Å². The minimum absolute atomic E-state index is 0.283. The first-order valence-corrected chi connectivity index (χ1v) is 6.19. The molecule has 2 amide bonds. The van der Waals surface area contributed by atoms with Crippen molar-refractivity contribution in [3.05, 3.63) is 0 Å². The van der Waals surface area contributed by atoms with Crippen LogP contribution in [-0.4, -0.2) is 17.1 Å². The molecule has 0 saturated heterocycles. The fourth-order valence-electron chi connectivity index (χ4n) is 4.37. The number of hydrogen-bond acceptors (Lipinski definition) is 2. The first-order chi connectivity index (χ1) is 7.91. The Bertz CT molecular complexity index is 301. The van der Waals surface area contributed by atoms with Gasteiger partial charge in [0.2, 0.25) is 0 Å². The van der Waals surface area contributed by atoms with E-state index in [4.69, 9.17) is 4.79 Å². The van der Waals surface area contributed by atoms with Crippen molar-refractivity contribution in [2.45, 2.75) is 38.5 Å². The van der Waals surface area contributed by atoms with Gasteiger partial charge in [-0.15, -0.1) is 0 Å². The Labute approximate surface area is 101 Å². The molecular weight excluding hydrogens is 220 g/mol. The molecule has 0 heterocycles. The number of hydrogen-bond donors (Lipinski definition) is 3. The van der Waals surface area contributed by atoms with Gasteiger partial charge < -0.3 is 16.6 Å². The van der Waals surface area contributed by atoms with Gasteiger partial charge >= 0.3 is 12.0 Å². The number of urea groups is 1. The second kappa shape index (κ2) is 4.20. The van der Waals surface area contributed by atoms with Crippen LogP contribution in [0.3, 0.4) is 0 Å². The molecule has 4 rings (SSSR count). The van der Waals surface area contributed by atoms with Crippen LogP contribution in [0.25, 0.3) is 0 Å². The highest BCUT2D eigenvalue weighted by molar-refractivity contribution is 5.75. The fourth-order valence-corrected chi connectivity index (χ4v) is 4.37. The van der Waals surface area contributed by atoms with E-state index in [9.17, 15) is 9.90 Å². The van der Waals surface area contributed by atoms with Gasteiger partial charge in [-0.3, -0.25) is 4.79 Å². The summed E-state index contributed by atoms with van der Waals surface area (Å²) >= 11 is 0. The number of primary amides is 2. The summed E-state index contributed by atoms with van der Waals surface area (Å²) in [7, 11) is 0. The molecule has 4 aliphatic carbocycles. The minimum atomic E-state index is -0.833. The van der Waals surface area contributed by atoms with Gasteiger partial charge in [0.25, 0.3) is 0 Å². The molecule has 0 aromatic carbocycles. The largest absolute Gasteiger partial charge is 0.481 e. The summed E-state index contributed by atoms with van der Waals surface area (Å²) in [6, 6.07) is -0.833. The second-order valence-electron chi connectivity index (χ2n) is 5.91. The lowest BCUT2D eigenvalue weighted by Gasteiger charge is -2.54. The van der Waals surface area contributed by atoms with Crippen molar-refractivity contribution in [3.63, 3.8) is 0 Å². The zero-order valence-electron chi connectivity index (χ0n) is 9.89. The molecule has 0 spiro atoms. The van der Waals surface area contributed by atoms with Gasteiger partial charge in [0, 0.05) is 0 Å². The average Bonchev–Trinajstić information content (AvgIpc) is 2.13. The first-order valence-electron chi connectivity index (χ1n) is 6.19. The molecule has 0 aromatic heterocycles. The third-order valence-electron chi connectivity index (χ3n) is 4.49. The Hall–Kier alpha value is -1.26. The molecular formula is C12H20N2O3. The van der Waals surface area contributed by atoms with Crippen LogP contribution >= 0.6 is 0 Å². The van der Waals surface area contributed by atoms with Crippen LogP contribution in [-0.2, 0) is 4.79 Å². The van der Waals surface area contributed by atoms with Gasteiger partial charge in [-0.1, -0.05) is 0 Å². The Kier molecular flexibility index (Phi) is 3.02. The van der Waals surface area contributed by atoms with Crippen molar-refractivity contribution in [1.29, 1.82) is 0 Å². The van der Waals surface area contributed by atoms with E-state index in [1.807, 2.05) is 0 Å². The Balaban J connectivity index is 0.000000239. The van der Waals surface area contributed by atoms with E-state index in [1.165, 1.54) is 19.3 Å². The molecule has 5 N–H and O–H groups in total. The third-order valence-corrected chi connectivity index (χ3v) is 4.49. The summed E-state index contributed by atoms with van der Waals surface area (Å²) in [5.74, 6) is 1.75. The van der Waals surface area contributed by atoms with E-state index in [-0.39, 0.29) is 5.41 Å². The van der Waals surface area contributed by atoms with Gasteiger partial charge in [-0.2, -0.15) is 0 Å². The van der Waals surface area contributed by atoms with Gasteiger partial charge in [0.1, 0.15) is 0 Å². The summed E-state index contributed by atoms with van der Waals surface area (Å²) in [4.78, 5) is 20.3. The number of carboxylic acid groups (broad SMARTS) is 1. The molecule has 0 aromatic rings. The van der Waals surface area contributed by atoms with E-state index in [0.717, 1.165) is 37.0 Å². The summed E-state index contributed by atoms with van der Waals surface area (Å²) in [5.41, 5.74) is 8.22. The van der Waals surface area contributed by atoms with Crippen molar-refractivity contribution in [1.82, 2.24) is 0 Å². The molecule has 4 bridgehead atoms. The van der Waals surface area contributed by atoms with E-state index >= 15 is 0 Å². The zero-order valence-corrected chi connectivity index (χ0v) is 9.89. The quantitative estimate of drug-likeness (QED) is 0.643. The SMILES string of the molecule is NC(N)=O.O=C(O)C12CC3CC(CC(C3)C1)C2. The molecule has 0 radical (unpaired) electrons. The van der Waals surface area contributed by atoms with Crippen LogP contribution < -0.4 is 11.5 Å². The predicted octanol–water partition coefficient (Wildman–Crippen LogP) is 1.31. The normalized spacial score (nSPS) is 41.5. The molecule has 17 heavy (non-hydrogen) atoms. The summed E-state index contributed by atoms with van der Waals surface area (Å²) in [6.07, 6.45) is 6.92. The Morgan fingerprint density at radius 1 is 0.941 bits per heavy atom. The summed E-state index contributed by atoms with van der Waals surface area (Å²) in [5, 5.41) is 9.28. The number of carbonyl (C=O) groups is 2. The van der Waals surface area contributed by atoms with Crippen LogP contribution in [0.4, 0.5) is 4.79 Å². The predicted molar refractivity (Wildman–Crippen MR) is 62.0 cm³/mol. The Morgan fingerprint density at radius 3 is 1.47 bits per heavy atom. The van der Waals surface area contributed by atoms with E-state index in [1.54, 1.807) is 0 Å². The maximum atomic E-state index is 11.3. The maximum absolute atomic E-state index is 11.3. The lowest BCUT2D eigenvalue weighted by molar-refractivity contribution is -0.164. The topological polar surface area (TPSA) is 106 Å². The average molecular weight is 240 g/mol. The molecule has 5 heteroatoms. The van der Waals surface area contributed by atoms with Crippen molar-refractivity contribution in [2.24, 2.45) is 34.6 Å². The number of amides is 2. The molecule has 0 unspecified atom stereocenters. The lowest BCUT2D eigenvalue weighted by Crippen LogP contribution is -2.49. The molecule has 4 aliphatic rings. The number of carbonyl (C=O) groups excluding carboxylic acids is 1. The lowest BCUT2D eigenvalue weighted by atomic mass is 9.49. The monoisotopic (exact) mass is 240 g/mol. The standard InChI is InChI=1S/C11H16O2.CH4N2O/c12-10(13)11-4-7-1-8(5-11)3-9(2-7)6-11;2-1(3)4/h7-9H,1-6H2,(H,12,13);(H4,2,3,4). The number of carboxylic acids is 1. The van der Waals surface area contributed by atoms with E-state index < -0.39 is 12.0 Å². The van der Waals surface area contributed by atoms with Crippen molar-refractivity contribution in [3.8, 4) is 0 Å². The molecule has 4 fully saturated rings. The van der Waals surface area contributed by atoms with Gasteiger partial charge in [0.05, 0.1) is 5.41 Å². The molecule has 4 saturated carbocycles. The van der Waals surface area contributed by atoms with E-state index in [0.29, 0.717) is 0 Å². The van der Waals surface area contributed by atoms with Gasteiger partial charge in [-0.25, -0.2) is 4.79 Å². The fraction of sp³-hybridized carbons (Fsp3) is 0.833. The second-order valence-corrected chi connectivity index (χ2v) is 5.91. The first kappa shape index (κ1) is 12.2. The van der Waals surface area contributed by atoms with Crippen LogP contribution in [0.1, 0.15) is 38.5 Å². The van der Waals surface area contributed by atoms with Crippen LogP contribution in [0.2, 0.25) is 0 Å². The highest BCUT2D eigenvalue weighted by Crippen LogP contribution is 2.59. The van der Waals surface area contributed by atoms with E-state index in [2.05, 4.69) is 11.5 Å². The van der Waals surface area contributed by atoms with Crippen LogP contribution in [0.15, 0.2) is 0 Å². The maximum Gasteiger partial charge on any atom is 0.309 e. The highest BCUT2D eigenvalue weighted by atomic mass is 16.4. The minimum Gasteiger partial charge on any atom is -0.481 e. The highest BCUT2D eigenvalue weighted by Gasteiger charge is 2.54. The van der Waals surface area contributed by atoms with Gasteiger partial charge in [0.15, 0.2) is 0 Å². The summed E-state index contributed by atoms with van der Waals surface area (Å²) in [6.45, 7) is 0. The van der Waals surface area contributed by atoms with Crippen LogP contribution in [0.5, 0.6) is 0 Å². The van der Waals surface area contributed by atoms with Crippen molar-refractivity contribution >= 4 is 12.0 Å². The molecule has 0 aliphatic heterocycles. The smallest absolute Gasteiger partial charge is 0.309 e. The molecule has 5 nitrogen and oxygen atoms in total. The molecule has 96 valence electrons. The number of nitrogens with two attached hydrogens (primary N) is 2. The van der Waals surface area contributed by atoms with Crippen molar-refractivity contribution in [2.75, 3.05) is 0 Å². The van der Waals surface area contributed by atoms with Crippen molar-refractivity contribution < 1.29 is 14.7 Å². The number of aliphatic carboxylic acids is 1. The van der Waals surface area contributed by atoms with Gasteiger partial charge in [-0.05, 0) is 56.3 Å². The zero-order chi connectivity index (χ0) is 12.6. The number of rotatable bonds is 1. The third kappa shape index (κ3) is 2.37.